The molecule has 18 atom stereocenters. The van der Waals surface area contributed by atoms with Gasteiger partial charge in [0.25, 0.3) is 6.57 Å². The molecule has 18 unspecified atom stereocenters. The van der Waals surface area contributed by atoms with Crippen LogP contribution in [0.4, 0.5) is 0 Å². The molecule has 2 saturated heterocycles. The molecule has 0 radical (unpaired) electrons. The number of rotatable bonds is 59. The molecule has 3 rings (SSSR count). The van der Waals surface area contributed by atoms with Gasteiger partial charge in [0.1, 0.15) is 66.9 Å². The molecule has 2 heterocycles. The van der Waals surface area contributed by atoms with E-state index >= 15 is 0 Å². The third-order valence-electron chi connectivity index (χ3n) is 16.8. The number of carbonyl (C=O) groups excluding carboxylic acids is 8. The lowest BCUT2D eigenvalue weighted by Crippen LogP contribution is -2.64. The zero-order valence-electron chi connectivity index (χ0n) is 63.1. The van der Waals surface area contributed by atoms with Crippen molar-refractivity contribution in [1.29, 1.82) is 0 Å². The van der Waals surface area contributed by atoms with E-state index < -0.39 is 189 Å². The van der Waals surface area contributed by atoms with Crippen LogP contribution in [-0.4, -0.2) is 381 Å². The first-order valence-corrected chi connectivity index (χ1v) is 39.2. The van der Waals surface area contributed by atoms with Crippen molar-refractivity contribution in [3.8, 4) is 0 Å². The first-order chi connectivity index (χ1) is 52.0. The largest absolute Gasteiger partial charge is 0.396 e. The van der Waals surface area contributed by atoms with E-state index in [0.29, 0.717) is 39.6 Å². The van der Waals surface area contributed by atoms with Gasteiger partial charge in [-0.15, -0.1) is 0 Å². The van der Waals surface area contributed by atoms with Gasteiger partial charge < -0.3 is 159 Å². The molecule has 1 aliphatic carbocycles. The minimum absolute atomic E-state index is 0.00359. The number of carbonyl (C=O) groups is 8. The number of aliphatic hydroxyl groups excluding tert-OH is 9. The number of ether oxygens (including phenoxy) is 14. The Morgan fingerprint density at radius 1 is 0.422 bits per heavy atom. The summed E-state index contributed by atoms with van der Waals surface area (Å²) in [5.41, 5.74) is 0. The van der Waals surface area contributed by atoms with Gasteiger partial charge in [-0.2, -0.15) is 0 Å². The highest BCUT2D eigenvalue weighted by Gasteiger charge is 2.48. The molecule has 634 valence electrons. The monoisotopic (exact) mass is 1620 g/mol. The van der Waals surface area contributed by atoms with Gasteiger partial charge in [-0.25, -0.2) is 0 Å². The number of amides is 8. The number of aliphatic hydroxyl groups is 9. The molecular weight excluding hydrogens is 1500 g/mol. The lowest BCUT2D eigenvalue weighted by atomic mass is 9.79. The van der Waals surface area contributed by atoms with Gasteiger partial charge in [-0.05, 0) is 19.3 Å². The Hall–Kier alpha value is -4.62. The highest BCUT2D eigenvalue weighted by Crippen LogP contribution is 2.62. The van der Waals surface area contributed by atoms with Crippen molar-refractivity contribution >= 4 is 66.1 Å². The molecule has 0 aromatic heterocycles. The fourth-order valence-electron chi connectivity index (χ4n) is 10.8. The minimum atomic E-state index is -3.06. The summed E-state index contributed by atoms with van der Waals surface area (Å²) in [5.74, 6) is -5.69. The summed E-state index contributed by atoms with van der Waals surface area (Å²) in [6.45, 7) is 6.16. The van der Waals surface area contributed by atoms with Crippen LogP contribution < -0.4 is 42.5 Å². The summed E-state index contributed by atoms with van der Waals surface area (Å²) < 4.78 is 95.9. The molecule has 8 amide bonds. The second kappa shape index (κ2) is 55.8. The molecule has 0 aromatic carbocycles. The van der Waals surface area contributed by atoms with Gasteiger partial charge in [0.05, 0.1) is 177 Å². The lowest BCUT2D eigenvalue weighted by Gasteiger charge is -2.42. The van der Waals surface area contributed by atoms with Crippen molar-refractivity contribution in [3.63, 3.8) is 0 Å². The van der Waals surface area contributed by atoms with Crippen LogP contribution >= 0.6 is 18.8 Å². The van der Waals surface area contributed by atoms with Crippen molar-refractivity contribution in [2.75, 3.05) is 185 Å². The van der Waals surface area contributed by atoms with Gasteiger partial charge in [0, 0.05) is 77.3 Å². The summed E-state index contributed by atoms with van der Waals surface area (Å²) in [6.07, 6.45) is -16.0. The van der Waals surface area contributed by atoms with Crippen molar-refractivity contribution in [1.82, 2.24) is 42.5 Å². The Labute approximate surface area is 639 Å². The van der Waals surface area contributed by atoms with E-state index in [1.54, 1.807) is 20.8 Å². The van der Waals surface area contributed by atoms with Crippen molar-refractivity contribution in [2.45, 2.75) is 183 Å². The zero-order valence-corrected chi connectivity index (χ0v) is 64.9. The molecule has 17 N–H and O–H groups in total. The highest BCUT2D eigenvalue weighted by molar-refractivity contribution is 8.46. The fraction of sp³-hybridized carbons (Fsp3) is 0.879. The Bertz CT molecular complexity index is 2660. The van der Waals surface area contributed by atoms with Gasteiger partial charge in [-0.1, -0.05) is 33.0 Å². The molecule has 0 aromatic rings. The Balaban J connectivity index is 1.57. The van der Waals surface area contributed by atoms with Crippen molar-refractivity contribution in [2.24, 2.45) is 5.92 Å². The van der Waals surface area contributed by atoms with Crippen LogP contribution in [0.25, 0.3) is 0 Å². The maximum Gasteiger partial charge on any atom is 0.259 e. The van der Waals surface area contributed by atoms with Crippen molar-refractivity contribution in [3.05, 3.63) is 0 Å². The summed E-state index contributed by atoms with van der Waals surface area (Å²) in [7, 11) is 0. The number of thiol groups is 1. The van der Waals surface area contributed by atoms with E-state index in [2.05, 4.69) is 54.8 Å². The SMILES string of the molecule is CC(=O)NC1C(OCCOCCNC(=O)CCC(NC(=O)CCC(NC(=O)CCOCCOCCOCCOCCOCCOCCOP(=O)(S)C(C)(C)C)C(=O)NCCOCCOC2OC(CO)C(O)C(O)C2NC(C)=O)C(=O)NCCOCCOC2OC(CO)C(O)C(O)C2NC(C)=O)CC(CO)C(O)C1O. The highest BCUT2D eigenvalue weighted by atomic mass is 32.7. The van der Waals surface area contributed by atoms with E-state index in [9.17, 15) is 88.9 Å². The van der Waals surface area contributed by atoms with Crippen LogP contribution in [0.2, 0.25) is 0 Å². The lowest BCUT2D eigenvalue weighted by molar-refractivity contribution is -0.272. The normalized spacial score (nSPS) is 25.4. The molecule has 41 nitrogen and oxygen atoms in total. The summed E-state index contributed by atoms with van der Waals surface area (Å²) in [5, 5.41) is 112. The zero-order chi connectivity index (χ0) is 80.7. The standard InChI is InChI=1S/C66H121N8O33PS/c1-41(78)70-53-47(37-44(38-75)56(84)59(53)87)102-33-29-94-16-12-67-50(81)9-7-45(62(90)68-13-17-95-30-34-103-64-54(71-42(2)79)60(88)57(85)48(39-76)106-64)73-51(82)10-8-46(63(91)69-14-18-96-31-35-104-65-55(72-43(3)80)61(89)58(86)49(40-77)107-65)74-52(83)11-15-93-19-20-97-21-22-98-23-24-99-25-26-100-27-28-101-32-36-105-108(92,109)66(4,5)6/h44-49,53-61,64-65,75-77,84-89H,7-40H2,1-6H3,(H,67,81)(H,68,90)(H,69,91)(H,70,78)(H,71,79)(H,72,80)(H,73,82)(H,74,83)(H,92,109). The van der Waals surface area contributed by atoms with Gasteiger partial charge in [-0.3, -0.25) is 42.9 Å². The molecular formula is C66H121N8O33PS. The van der Waals surface area contributed by atoms with E-state index in [4.69, 9.17) is 70.8 Å². The van der Waals surface area contributed by atoms with E-state index in [1.807, 2.05) is 0 Å². The van der Waals surface area contributed by atoms with Crippen LogP contribution in [0.1, 0.15) is 80.1 Å². The molecule has 0 bridgehead atoms. The molecule has 43 heteroatoms. The van der Waals surface area contributed by atoms with Gasteiger partial charge >= 0.3 is 0 Å². The topological polar surface area (TPSA) is 570 Å². The molecule has 1 saturated carbocycles. The second-order valence-corrected chi connectivity index (χ2v) is 30.7. The average molecular weight is 1620 g/mol. The summed E-state index contributed by atoms with van der Waals surface area (Å²) in [4.78, 5) is 103. The molecule has 3 aliphatic rings. The van der Waals surface area contributed by atoms with E-state index in [-0.39, 0.29) is 157 Å². The Morgan fingerprint density at radius 2 is 0.761 bits per heavy atom. The number of nitrogens with one attached hydrogen (secondary N) is 8. The summed E-state index contributed by atoms with van der Waals surface area (Å²) in [6, 6.07) is -6.05. The Morgan fingerprint density at radius 3 is 1.16 bits per heavy atom. The molecule has 2 aliphatic heterocycles. The van der Waals surface area contributed by atoms with Crippen LogP contribution in [0.5, 0.6) is 0 Å². The van der Waals surface area contributed by atoms with E-state index in [0.717, 1.165) is 0 Å². The van der Waals surface area contributed by atoms with Gasteiger partial charge in [0.2, 0.25) is 47.3 Å². The quantitative estimate of drug-likeness (QED) is 0.0153. The average Bonchev–Trinajstić information content (AvgIpc) is 0.815. The Kier molecular flexibility index (Phi) is 50.4. The predicted molar refractivity (Wildman–Crippen MR) is 383 cm³/mol. The maximum atomic E-state index is 13.8. The number of hydrogen-bond acceptors (Lipinski definition) is 33. The maximum absolute atomic E-state index is 13.8. The fourth-order valence-corrected chi connectivity index (χ4v) is 11.7. The molecule has 0 spiro atoms. The second-order valence-electron chi connectivity index (χ2n) is 26.4. The molecule has 3 fully saturated rings. The van der Waals surface area contributed by atoms with E-state index in [1.165, 1.54) is 20.8 Å². The minimum Gasteiger partial charge on any atom is -0.396 e. The first-order valence-electron chi connectivity index (χ1n) is 36.4. The smallest absolute Gasteiger partial charge is 0.259 e. The summed E-state index contributed by atoms with van der Waals surface area (Å²) >= 11 is 4.15. The van der Waals surface area contributed by atoms with Crippen molar-refractivity contribution < 1.29 is 160 Å². The van der Waals surface area contributed by atoms with Gasteiger partial charge in [0.15, 0.2) is 12.6 Å². The van der Waals surface area contributed by atoms with Crippen LogP contribution in [0.3, 0.4) is 0 Å². The van der Waals surface area contributed by atoms with Crippen LogP contribution in [0, 0.1) is 5.92 Å². The van der Waals surface area contributed by atoms with Crippen LogP contribution in [-0.2, 0) is 114 Å². The third-order valence-corrected chi connectivity index (χ3v) is 21.2. The first kappa shape index (κ1) is 98.6. The molecule has 109 heavy (non-hydrogen) atoms. The third kappa shape index (κ3) is 39.8. The van der Waals surface area contributed by atoms with Crippen LogP contribution in [0.15, 0.2) is 0 Å². The number of hydrogen-bond donors (Lipinski definition) is 18. The predicted octanol–water partition coefficient (Wildman–Crippen LogP) is -7.11.